The normalized spacial score (nSPS) is 14.0. The number of likely N-dealkylation sites (N-methyl/N-ethyl adjacent to an activating group) is 1. The molecule has 2 N–H and O–H groups in total. The van der Waals surface area contributed by atoms with Crippen LogP contribution in [0, 0.1) is 0 Å². The highest BCUT2D eigenvalue weighted by Crippen LogP contribution is 2.20. The van der Waals surface area contributed by atoms with Crippen LogP contribution in [0.25, 0.3) is 0 Å². The second-order valence-corrected chi connectivity index (χ2v) is 2.88. The van der Waals surface area contributed by atoms with Crippen LogP contribution in [0.3, 0.4) is 0 Å². The Morgan fingerprint density at radius 1 is 1.54 bits per heavy atom. The zero-order chi connectivity index (χ0) is 10.6. The predicted molar refractivity (Wildman–Crippen MR) is 42.0 cm³/mol. The maximum Gasteiger partial charge on any atom is 0.397 e. The molecule has 1 unspecified atom stereocenters. The summed E-state index contributed by atoms with van der Waals surface area (Å²) in [5, 5.41) is 0. The van der Waals surface area contributed by atoms with Crippen molar-refractivity contribution in [2.45, 2.75) is 25.6 Å². The quantitative estimate of drug-likeness (QED) is 0.727. The van der Waals surface area contributed by atoms with E-state index < -0.39 is 18.5 Å². The predicted octanol–water partition coefficient (Wildman–Crippen LogP) is 0.744. The lowest BCUT2D eigenvalue weighted by Crippen LogP contribution is -2.41. The molecule has 1 atom stereocenters. The SMILES string of the molecule is CC(CN)N(C)C(=O)CC(F)(F)F. The highest BCUT2D eigenvalue weighted by molar-refractivity contribution is 5.76. The first-order chi connectivity index (χ1) is 5.78. The second kappa shape index (κ2) is 4.45. The lowest BCUT2D eigenvalue weighted by Gasteiger charge is -2.24. The molecule has 0 rings (SSSR count). The Balaban J connectivity index is 4.12. The van der Waals surface area contributed by atoms with Crippen LogP contribution in [-0.2, 0) is 4.79 Å². The number of carbonyl (C=O) groups excluding carboxylic acids is 1. The summed E-state index contributed by atoms with van der Waals surface area (Å²) in [6, 6.07) is -0.366. The lowest BCUT2D eigenvalue weighted by atomic mass is 10.2. The molecule has 0 spiro atoms. The molecule has 0 saturated heterocycles. The molecule has 13 heavy (non-hydrogen) atoms. The molecule has 0 heterocycles. The highest BCUT2D eigenvalue weighted by atomic mass is 19.4. The minimum atomic E-state index is -4.44. The van der Waals surface area contributed by atoms with Gasteiger partial charge in [0, 0.05) is 19.6 Å². The van der Waals surface area contributed by atoms with Crippen molar-refractivity contribution in [1.82, 2.24) is 4.90 Å². The van der Waals surface area contributed by atoms with E-state index in [1.54, 1.807) is 6.92 Å². The van der Waals surface area contributed by atoms with E-state index in [9.17, 15) is 18.0 Å². The van der Waals surface area contributed by atoms with E-state index in [2.05, 4.69) is 0 Å². The lowest BCUT2D eigenvalue weighted by molar-refractivity contribution is -0.161. The van der Waals surface area contributed by atoms with Crippen molar-refractivity contribution in [3.63, 3.8) is 0 Å². The Kier molecular flexibility index (Phi) is 4.19. The fourth-order valence-corrected chi connectivity index (χ4v) is 0.700. The van der Waals surface area contributed by atoms with Crippen molar-refractivity contribution >= 4 is 5.91 Å². The molecule has 1 amide bonds. The molecular formula is C7H13F3N2O. The van der Waals surface area contributed by atoms with E-state index in [0.29, 0.717) is 0 Å². The van der Waals surface area contributed by atoms with Gasteiger partial charge < -0.3 is 10.6 Å². The summed E-state index contributed by atoms with van der Waals surface area (Å²) in [6.45, 7) is 1.74. The van der Waals surface area contributed by atoms with Gasteiger partial charge in [0.15, 0.2) is 0 Å². The summed E-state index contributed by atoms with van der Waals surface area (Å²) in [6.07, 6.45) is -5.87. The first-order valence-corrected chi connectivity index (χ1v) is 3.80. The van der Waals surface area contributed by atoms with Crippen molar-refractivity contribution in [3.8, 4) is 0 Å². The summed E-state index contributed by atoms with van der Waals surface area (Å²) in [5.41, 5.74) is 5.20. The molecule has 6 heteroatoms. The van der Waals surface area contributed by atoms with Gasteiger partial charge in [0.05, 0.1) is 0 Å². The summed E-state index contributed by atoms with van der Waals surface area (Å²) in [4.78, 5) is 11.9. The standard InChI is InChI=1S/C7H13F3N2O/c1-5(4-11)12(2)6(13)3-7(8,9)10/h5H,3-4,11H2,1-2H3. The van der Waals surface area contributed by atoms with Gasteiger partial charge in [-0.25, -0.2) is 0 Å². The Labute approximate surface area is 74.7 Å². The number of hydrogen-bond acceptors (Lipinski definition) is 2. The molecule has 0 radical (unpaired) electrons. The van der Waals surface area contributed by atoms with Crippen molar-refractivity contribution in [3.05, 3.63) is 0 Å². The second-order valence-electron chi connectivity index (χ2n) is 2.88. The molecule has 0 aliphatic carbocycles. The molecular weight excluding hydrogens is 185 g/mol. The summed E-state index contributed by atoms with van der Waals surface area (Å²) in [5.74, 6) is -0.953. The fraction of sp³-hybridized carbons (Fsp3) is 0.857. The van der Waals surface area contributed by atoms with Crippen LogP contribution in [0.4, 0.5) is 13.2 Å². The third-order valence-electron chi connectivity index (χ3n) is 1.75. The minimum Gasteiger partial charge on any atom is -0.341 e. The molecule has 0 fully saturated rings. The maximum absolute atomic E-state index is 11.8. The molecule has 0 bridgehead atoms. The fourth-order valence-electron chi connectivity index (χ4n) is 0.700. The molecule has 0 aliphatic heterocycles. The average molecular weight is 198 g/mol. The molecule has 0 aromatic heterocycles. The number of amides is 1. The van der Waals surface area contributed by atoms with Gasteiger partial charge in [-0.1, -0.05) is 0 Å². The maximum atomic E-state index is 11.8. The highest BCUT2D eigenvalue weighted by Gasteiger charge is 2.33. The number of rotatable bonds is 3. The number of halogens is 3. The van der Waals surface area contributed by atoms with Crippen LogP contribution in [0.15, 0.2) is 0 Å². The first-order valence-electron chi connectivity index (χ1n) is 3.80. The molecule has 78 valence electrons. The third kappa shape index (κ3) is 4.72. The molecule has 0 aromatic carbocycles. The van der Waals surface area contributed by atoms with Gasteiger partial charge in [-0.15, -0.1) is 0 Å². The zero-order valence-electron chi connectivity index (χ0n) is 7.56. The molecule has 0 aromatic rings. The van der Waals surface area contributed by atoms with Crippen LogP contribution in [0.1, 0.15) is 13.3 Å². The molecule has 0 aliphatic rings. The topological polar surface area (TPSA) is 46.3 Å². The molecule has 3 nitrogen and oxygen atoms in total. The van der Waals surface area contributed by atoms with E-state index in [4.69, 9.17) is 5.73 Å². The monoisotopic (exact) mass is 198 g/mol. The van der Waals surface area contributed by atoms with Gasteiger partial charge in [0.2, 0.25) is 5.91 Å². The van der Waals surface area contributed by atoms with E-state index in [1.165, 1.54) is 7.05 Å². The Bertz CT molecular complexity index is 181. The van der Waals surface area contributed by atoms with Crippen molar-refractivity contribution < 1.29 is 18.0 Å². The van der Waals surface area contributed by atoms with Crippen LogP contribution < -0.4 is 5.73 Å². The third-order valence-corrected chi connectivity index (χ3v) is 1.75. The van der Waals surface area contributed by atoms with E-state index in [0.717, 1.165) is 4.90 Å². The van der Waals surface area contributed by atoms with Gasteiger partial charge in [-0.2, -0.15) is 13.2 Å². The van der Waals surface area contributed by atoms with Crippen molar-refractivity contribution in [2.75, 3.05) is 13.6 Å². The number of carbonyl (C=O) groups is 1. The van der Waals surface area contributed by atoms with Gasteiger partial charge in [0.1, 0.15) is 6.42 Å². The molecule has 0 saturated carbocycles. The number of nitrogens with zero attached hydrogens (tertiary/aromatic N) is 1. The largest absolute Gasteiger partial charge is 0.397 e. The van der Waals surface area contributed by atoms with E-state index >= 15 is 0 Å². The summed E-state index contributed by atoms with van der Waals surface area (Å²) < 4.78 is 35.3. The Hall–Kier alpha value is -0.780. The zero-order valence-corrected chi connectivity index (χ0v) is 7.56. The van der Waals surface area contributed by atoms with Crippen molar-refractivity contribution in [1.29, 1.82) is 0 Å². The number of hydrogen-bond donors (Lipinski definition) is 1. The average Bonchev–Trinajstić information content (AvgIpc) is 1.98. The van der Waals surface area contributed by atoms with E-state index in [-0.39, 0.29) is 12.6 Å². The van der Waals surface area contributed by atoms with Crippen LogP contribution in [-0.4, -0.2) is 36.6 Å². The number of nitrogens with two attached hydrogens (primary N) is 1. The van der Waals surface area contributed by atoms with Crippen LogP contribution >= 0.6 is 0 Å². The first kappa shape index (κ1) is 12.2. The Morgan fingerprint density at radius 2 is 2.00 bits per heavy atom. The van der Waals surface area contributed by atoms with Gasteiger partial charge >= 0.3 is 6.18 Å². The van der Waals surface area contributed by atoms with Crippen molar-refractivity contribution in [2.24, 2.45) is 5.73 Å². The minimum absolute atomic E-state index is 0.153. The van der Waals surface area contributed by atoms with Gasteiger partial charge in [0.25, 0.3) is 0 Å². The van der Waals surface area contributed by atoms with Gasteiger partial charge in [-0.3, -0.25) is 4.79 Å². The van der Waals surface area contributed by atoms with Crippen LogP contribution in [0.2, 0.25) is 0 Å². The van der Waals surface area contributed by atoms with Gasteiger partial charge in [-0.05, 0) is 6.92 Å². The van der Waals surface area contributed by atoms with E-state index in [1.807, 2.05) is 0 Å². The summed E-state index contributed by atoms with van der Waals surface area (Å²) in [7, 11) is 1.31. The number of alkyl halides is 3. The smallest absolute Gasteiger partial charge is 0.341 e. The Morgan fingerprint density at radius 3 is 2.31 bits per heavy atom. The van der Waals surface area contributed by atoms with Crippen LogP contribution in [0.5, 0.6) is 0 Å². The summed E-state index contributed by atoms with van der Waals surface area (Å²) >= 11 is 0.